The third kappa shape index (κ3) is 2.56. The summed E-state index contributed by atoms with van der Waals surface area (Å²) in [6.45, 7) is 4.12. The van der Waals surface area contributed by atoms with Gasteiger partial charge in [-0.2, -0.15) is 21.1 Å². The van der Waals surface area contributed by atoms with Gasteiger partial charge in [0.1, 0.15) is 5.00 Å². The molecule has 2 N–H and O–H groups in total. The van der Waals surface area contributed by atoms with E-state index in [-0.39, 0.29) is 0 Å². The maximum Gasteiger partial charge on any atom is 0.262 e. The Hall–Kier alpha value is -0.730. The molecule has 108 valence electrons. The average molecular weight is 328 g/mol. The molecule has 8 heteroatoms. The van der Waals surface area contributed by atoms with E-state index >= 15 is 0 Å². The van der Waals surface area contributed by atoms with Gasteiger partial charge in [-0.05, 0) is 24.9 Å². The van der Waals surface area contributed by atoms with Gasteiger partial charge in [0.25, 0.3) is 5.89 Å². The van der Waals surface area contributed by atoms with Crippen LogP contribution in [0.5, 0.6) is 0 Å². The number of hydrogen-bond donors (Lipinski definition) is 1. The van der Waals surface area contributed by atoms with E-state index in [9.17, 15) is 0 Å². The van der Waals surface area contributed by atoms with Gasteiger partial charge < -0.3 is 10.3 Å². The van der Waals surface area contributed by atoms with Gasteiger partial charge in [0.15, 0.2) is 5.82 Å². The molecule has 3 rings (SSSR count). The van der Waals surface area contributed by atoms with Crippen molar-refractivity contribution in [2.24, 2.45) is 0 Å². The van der Waals surface area contributed by atoms with Crippen LogP contribution in [0.3, 0.4) is 0 Å². The molecule has 0 aromatic carbocycles. The lowest BCUT2D eigenvalue weighted by molar-refractivity contribution is 0.421. The summed E-state index contributed by atoms with van der Waals surface area (Å²) in [5.74, 6) is 3.62. The largest absolute Gasteiger partial charge is 0.389 e. The number of nitrogen functional groups attached to an aromatic ring is 1. The summed E-state index contributed by atoms with van der Waals surface area (Å²) >= 11 is 5.19. The van der Waals surface area contributed by atoms with E-state index in [1.165, 1.54) is 17.3 Å². The molecule has 0 saturated carbocycles. The summed E-state index contributed by atoms with van der Waals surface area (Å²) in [7, 11) is 0. The van der Waals surface area contributed by atoms with Crippen LogP contribution in [0.2, 0.25) is 0 Å². The molecule has 0 amide bonds. The molecule has 1 saturated heterocycles. The normalized spacial score (nSPS) is 23.1. The molecule has 0 aliphatic carbocycles. The van der Waals surface area contributed by atoms with Gasteiger partial charge in [-0.15, -0.1) is 11.8 Å². The van der Waals surface area contributed by atoms with Gasteiger partial charge in [-0.25, -0.2) is 0 Å². The Morgan fingerprint density at radius 3 is 2.85 bits per heavy atom. The predicted molar refractivity (Wildman–Crippen MR) is 86.3 cm³/mol. The highest BCUT2D eigenvalue weighted by Gasteiger charge is 2.31. The summed E-state index contributed by atoms with van der Waals surface area (Å²) in [4.78, 5) is 4.57. The van der Waals surface area contributed by atoms with Crippen LogP contribution in [-0.2, 0) is 0 Å². The van der Waals surface area contributed by atoms with Crippen LogP contribution in [0.15, 0.2) is 4.52 Å². The third-order valence-electron chi connectivity index (χ3n) is 3.25. The topological polar surface area (TPSA) is 77.8 Å². The number of thioether (sulfide) groups is 2. The van der Waals surface area contributed by atoms with E-state index in [1.807, 2.05) is 30.4 Å². The van der Waals surface area contributed by atoms with Crippen LogP contribution < -0.4 is 5.73 Å². The summed E-state index contributed by atoms with van der Waals surface area (Å²) in [5.41, 5.74) is 7.57. The van der Waals surface area contributed by atoms with Gasteiger partial charge in [0, 0.05) is 16.8 Å². The number of rotatable bonds is 3. The highest BCUT2D eigenvalue weighted by atomic mass is 32.2. The second kappa shape index (κ2) is 5.95. The van der Waals surface area contributed by atoms with Crippen molar-refractivity contribution in [3.05, 3.63) is 11.5 Å². The molecule has 0 radical (unpaired) electrons. The fraction of sp³-hybridized carbons (Fsp3) is 0.583. The molecule has 1 aliphatic rings. The van der Waals surface area contributed by atoms with Crippen LogP contribution in [0.25, 0.3) is 11.5 Å². The van der Waals surface area contributed by atoms with Crippen LogP contribution in [0, 0.1) is 6.92 Å². The van der Waals surface area contributed by atoms with E-state index in [1.54, 1.807) is 0 Å². The number of aromatic nitrogens is 3. The van der Waals surface area contributed by atoms with Crippen molar-refractivity contribution >= 4 is 40.1 Å². The fourth-order valence-corrected chi connectivity index (χ4v) is 5.88. The van der Waals surface area contributed by atoms with E-state index in [2.05, 4.69) is 21.4 Å². The monoisotopic (exact) mass is 328 g/mol. The molecular formula is C12H16N4OS3. The van der Waals surface area contributed by atoms with Gasteiger partial charge in [-0.1, -0.05) is 12.1 Å². The zero-order chi connectivity index (χ0) is 14.1. The maximum atomic E-state index is 5.93. The van der Waals surface area contributed by atoms with Crippen LogP contribution in [0.1, 0.15) is 30.1 Å². The lowest BCUT2D eigenvalue weighted by atomic mass is 10.2. The number of hydrogen-bond acceptors (Lipinski definition) is 8. The first-order valence-corrected chi connectivity index (χ1v) is 9.36. The molecule has 1 aliphatic heterocycles. The summed E-state index contributed by atoms with van der Waals surface area (Å²) < 4.78 is 9.64. The summed E-state index contributed by atoms with van der Waals surface area (Å²) in [5, 5.41) is 5.68. The molecule has 1 fully saturated rings. The molecular weight excluding hydrogens is 312 g/mol. The zero-order valence-electron chi connectivity index (χ0n) is 11.3. The number of aryl methyl sites for hydroxylation is 1. The van der Waals surface area contributed by atoms with E-state index in [0.717, 1.165) is 29.3 Å². The summed E-state index contributed by atoms with van der Waals surface area (Å²) in [6, 6.07) is 0. The predicted octanol–water partition coefficient (Wildman–Crippen LogP) is 3.38. The molecule has 0 bridgehead atoms. The Kier molecular flexibility index (Phi) is 4.23. The molecule has 2 atom stereocenters. The van der Waals surface area contributed by atoms with Crippen molar-refractivity contribution in [1.29, 1.82) is 0 Å². The Morgan fingerprint density at radius 1 is 1.35 bits per heavy atom. The first kappa shape index (κ1) is 14.2. The lowest BCUT2D eigenvalue weighted by Gasteiger charge is -2.27. The van der Waals surface area contributed by atoms with Crippen LogP contribution >= 0.6 is 35.1 Å². The second-order valence-electron chi connectivity index (χ2n) is 4.57. The Bertz CT molecular complexity index is 578. The first-order valence-electron chi connectivity index (χ1n) is 6.49. The Labute approximate surface area is 130 Å². The quantitative estimate of drug-likeness (QED) is 0.925. The molecule has 5 nitrogen and oxygen atoms in total. The van der Waals surface area contributed by atoms with Gasteiger partial charge in [-0.3, -0.25) is 0 Å². The Morgan fingerprint density at radius 2 is 2.15 bits per heavy atom. The minimum Gasteiger partial charge on any atom is -0.389 e. The molecule has 20 heavy (non-hydrogen) atoms. The number of nitrogens with two attached hydrogens (primary N) is 1. The minimum absolute atomic E-state index is 0.310. The maximum absolute atomic E-state index is 5.93. The molecule has 0 spiro atoms. The van der Waals surface area contributed by atoms with Crippen molar-refractivity contribution in [1.82, 2.24) is 14.5 Å². The number of anilines is 1. The standard InChI is InChI=1S/C12H16N4OS3/c1-3-7-9(19-5-4-18-7)11-14-12(17-15-11)8-6(2)16-20-10(8)13/h7,9H,3-5,13H2,1-2H3. The van der Waals surface area contributed by atoms with Crippen molar-refractivity contribution in [2.45, 2.75) is 30.8 Å². The Balaban J connectivity index is 1.90. The third-order valence-corrected chi connectivity index (χ3v) is 7.26. The molecule has 2 aromatic rings. The minimum atomic E-state index is 0.310. The van der Waals surface area contributed by atoms with E-state index in [0.29, 0.717) is 21.4 Å². The van der Waals surface area contributed by atoms with Crippen molar-refractivity contribution < 1.29 is 4.52 Å². The molecule has 2 aromatic heterocycles. The van der Waals surface area contributed by atoms with Crippen molar-refractivity contribution in [3.8, 4) is 11.5 Å². The summed E-state index contributed by atoms with van der Waals surface area (Å²) in [6.07, 6.45) is 1.12. The number of nitrogens with zero attached hydrogens (tertiary/aromatic N) is 3. The average Bonchev–Trinajstić information content (AvgIpc) is 3.06. The first-order chi connectivity index (χ1) is 9.70. The fourth-order valence-electron chi connectivity index (χ4n) is 2.24. The lowest BCUT2D eigenvalue weighted by Crippen LogP contribution is -2.19. The van der Waals surface area contributed by atoms with Gasteiger partial charge >= 0.3 is 0 Å². The highest BCUT2D eigenvalue weighted by molar-refractivity contribution is 8.06. The van der Waals surface area contributed by atoms with Gasteiger partial charge in [0.2, 0.25) is 0 Å². The molecule has 3 heterocycles. The highest BCUT2D eigenvalue weighted by Crippen LogP contribution is 2.43. The van der Waals surface area contributed by atoms with E-state index < -0.39 is 0 Å². The van der Waals surface area contributed by atoms with Crippen LogP contribution in [-0.4, -0.2) is 31.3 Å². The smallest absolute Gasteiger partial charge is 0.262 e. The van der Waals surface area contributed by atoms with E-state index in [4.69, 9.17) is 10.3 Å². The van der Waals surface area contributed by atoms with Gasteiger partial charge in [0.05, 0.1) is 16.5 Å². The van der Waals surface area contributed by atoms with Crippen molar-refractivity contribution in [3.63, 3.8) is 0 Å². The molecule has 2 unspecified atom stereocenters. The van der Waals surface area contributed by atoms with Crippen molar-refractivity contribution in [2.75, 3.05) is 17.2 Å². The van der Waals surface area contributed by atoms with Crippen LogP contribution in [0.4, 0.5) is 5.00 Å². The zero-order valence-corrected chi connectivity index (χ0v) is 13.8. The second-order valence-corrected chi connectivity index (χ2v) is 7.98. The SMILES string of the molecule is CCC1SCCSC1c1noc(-c2c(C)nsc2N)n1.